The minimum atomic E-state index is -0.190. The highest BCUT2D eigenvalue weighted by molar-refractivity contribution is 5.92. The van der Waals surface area contributed by atoms with E-state index in [4.69, 9.17) is 9.26 Å². The lowest BCUT2D eigenvalue weighted by molar-refractivity contribution is -0.0693. The van der Waals surface area contributed by atoms with Gasteiger partial charge in [-0.15, -0.1) is 0 Å². The van der Waals surface area contributed by atoms with Gasteiger partial charge in [0.2, 0.25) is 5.76 Å². The van der Waals surface area contributed by atoms with Crippen molar-refractivity contribution in [1.82, 2.24) is 15.0 Å². The number of benzene rings is 2. The summed E-state index contributed by atoms with van der Waals surface area (Å²) in [4.78, 5) is 17.3. The van der Waals surface area contributed by atoms with Gasteiger partial charge in [-0.3, -0.25) is 4.79 Å². The highest BCUT2D eigenvalue weighted by Crippen LogP contribution is 2.32. The first kappa shape index (κ1) is 19.4. The predicted octanol–water partition coefficient (Wildman–Crippen LogP) is 3.49. The van der Waals surface area contributed by atoms with Gasteiger partial charge in [-0.2, -0.15) is 0 Å². The van der Waals surface area contributed by atoms with Crippen LogP contribution in [0.4, 0.5) is 0 Å². The first-order chi connectivity index (χ1) is 14.1. The number of aromatic nitrogens is 1. The average molecular weight is 391 g/mol. The SMILES string of the molecule is CN(C)C[C@@H]1OCCN(C(=O)c2cc(-c3ccccc3)no2)[C@H]1c1ccccc1. The van der Waals surface area contributed by atoms with Crippen LogP contribution in [0.2, 0.25) is 0 Å². The zero-order valence-electron chi connectivity index (χ0n) is 16.7. The third-order valence-corrected chi connectivity index (χ3v) is 5.09. The number of ether oxygens (including phenoxy) is 1. The second kappa shape index (κ2) is 8.59. The Bertz CT molecular complexity index is 940. The summed E-state index contributed by atoms with van der Waals surface area (Å²) in [5.41, 5.74) is 2.63. The molecule has 1 saturated heterocycles. The van der Waals surface area contributed by atoms with Gasteiger partial charge in [0.25, 0.3) is 5.91 Å². The van der Waals surface area contributed by atoms with Crippen molar-refractivity contribution in [1.29, 1.82) is 0 Å². The number of carbonyl (C=O) groups is 1. The monoisotopic (exact) mass is 391 g/mol. The van der Waals surface area contributed by atoms with E-state index in [1.807, 2.05) is 79.7 Å². The van der Waals surface area contributed by atoms with E-state index in [2.05, 4.69) is 10.1 Å². The van der Waals surface area contributed by atoms with Gasteiger partial charge in [0.05, 0.1) is 18.8 Å². The normalized spacial score (nSPS) is 19.5. The van der Waals surface area contributed by atoms with Crippen LogP contribution in [-0.2, 0) is 4.74 Å². The molecule has 29 heavy (non-hydrogen) atoms. The fourth-order valence-corrected chi connectivity index (χ4v) is 3.78. The van der Waals surface area contributed by atoms with Gasteiger partial charge < -0.3 is 19.1 Å². The summed E-state index contributed by atoms with van der Waals surface area (Å²) in [6.45, 7) is 1.71. The van der Waals surface area contributed by atoms with E-state index in [9.17, 15) is 4.79 Å². The highest BCUT2D eigenvalue weighted by Gasteiger charge is 2.38. The number of hydrogen-bond acceptors (Lipinski definition) is 5. The number of likely N-dealkylation sites (N-methyl/N-ethyl adjacent to an activating group) is 1. The van der Waals surface area contributed by atoms with E-state index in [-0.39, 0.29) is 23.8 Å². The minimum absolute atomic E-state index is 0.124. The average Bonchev–Trinajstić information content (AvgIpc) is 3.24. The Morgan fingerprint density at radius 3 is 2.48 bits per heavy atom. The van der Waals surface area contributed by atoms with Crippen molar-refractivity contribution in [3.8, 4) is 11.3 Å². The van der Waals surface area contributed by atoms with Crippen molar-refractivity contribution >= 4 is 5.91 Å². The van der Waals surface area contributed by atoms with Gasteiger partial charge in [-0.1, -0.05) is 65.8 Å². The maximum Gasteiger partial charge on any atom is 0.293 e. The fourth-order valence-electron chi connectivity index (χ4n) is 3.78. The van der Waals surface area contributed by atoms with E-state index < -0.39 is 0 Å². The first-order valence-corrected chi connectivity index (χ1v) is 9.78. The lowest BCUT2D eigenvalue weighted by atomic mass is 9.97. The Morgan fingerprint density at radius 2 is 1.79 bits per heavy atom. The second-order valence-corrected chi connectivity index (χ2v) is 7.47. The van der Waals surface area contributed by atoms with Crippen molar-refractivity contribution in [2.75, 3.05) is 33.8 Å². The lowest BCUT2D eigenvalue weighted by Gasteiger charge is -2.42. The number of hydrogen-bond donors (Lipinski definition) is 0. The van der Waals surface area contributed by atoms with Crippen molar-refractivity contribution < 1.29 is 14.1 Å². The van der Waals surface area contributed by atoms with Gasteiger partial charge in [-0.25, -0.2) is 0 Å². The van der Waals surface area contributed by atoms with Crippen molar-refractivity contribution in [2.45, 2.75) is 12.1 Å². The van der Waals surface area contributed by atoms with Gasteiger partial charge in [0.15, 0.2) is 0 Å². The van der Waals surface area contributed by atoms with Crippen LogP contribution < -0.4 is 0 Å². The van der Waals surface area contributed by atoms with Crippen LogP contribution in [0, 0.1) is 0 Å². The summed E-state index contributed by atoms with van der Waals surface area (Å²) in [5.74, 6) is 0.0795. The zero-order valence-corrected chi connectivity index (χ0v) is 16.7. The molecule has 0 saturated carbocycles. The Hall–Kier alpha value is -2.96. The molecule has 2 atom stereocenters. The molecular weight excluding hydrogens is 366 g/mol. The van der Waals surface area contributed by atoms with Gasteiger partial charge in [0.1, 0.15) is 5.69 Å². The number of morpholine rings is 1. The maximum atomic E-state index is 13.4. The van der Waals surface area contributed by atoms with E-state index in [0.717, 1.165) is 17.7 Å². The number of carbonyl (C=O) groups excluding carboxylic acids is 1. The van der Waals surface area contributed by atoms with Crippen LogP contribution in [0.25, 0.3) is 11.3 Å². The largest absolute Gasteiger partial charge is 0.373 e. The highest BCUT2D eigenvalue weighted by atomic mass is 16.5. The van der Waals surface area contributed by atoms with E-state index in [0.29, 0.717) is 18.8 Å². The summed E-state index contributed by atoms with van der Waals surface area (Å²) in [7, 11) is 4.02. The third kappa shape index (κ3) is 4.23. The van der Waals surface area contributed by atoms with E-state index in [1.54, 1.807) is 6.07 Å². The van der Waals surface area contributed by atoms with Crippen LogP contribution in [-0.4, -0.2) is 60.8 Å². The first-order valence-electron chi connectivity index (χ1n) is 9.78. The smallest absolute Gasteiger partial charge is 0.293 e. The molecule has 6 heteroatoms. The molecule has 150 valence electrons. The van der Waals surface area contributed by atoms with Crippen molar-refractivity contribution in [3.63, 3.8) is 0 Å². The molecule has 1 fully saturated rings. The molecule has 2 aromatic carbocycles. The molecule has 0 aliphatic carbocycles. The number of amides is 1. The number of rotatable bonds is 5. The molecule has 1 aromatic heterocycles. The Morgan fingerprint density at radius 1 is 1.10 bits per heavy atom. The molecular formula is C23H25N3O3. The van der Waals surface area contributed by atoms with Gasteiger partial charge in [-0.05, 0) is 19.7 Å². The predicted molar refractivity (Wildman–Crippen MR) is 110 cm³/mol. The molecule has 0 bridgehead atoms. The van der Waals surface area contributed by atoms with Crippen LogP contribution in [0.3, 0.4) is 0 Å². The molecule has 0 radical (unpaired) electrons. The van der Waals surface area contributed by atoms with Crippen LogP contribution in [0.15, 0.2) is 71.3 Å². The molecule has 6 nitrogen and oxygen atoms in total. The minimum Gasteiger partial charge on any atom is -0.373 e. The van der Waals surface area contributed by atoms with Gasteiger partial charge in [0, 0.05) is 24.7 Å². The number of nitrogens with zero attached hydrogens (tertiary/aromatic N) is 3. The van der Waals surface area contributed by atoms with E-state index in [1.165, 1.54) is 0 Å². The fraction of sp³-hybridized carbons (Fsp3) is 0.304. The molecule has 0 spiro atoms. The second-order valence-electron chi connectivity index (χ2n) is 7.47. The van der Waals surface area contributed by atoms with Crippen LogP contribution >= 0.6 is 0 Å². The quantitative estimate of drug-likeness (QED) is 0.666. The van der Waals surface area contributed by atoms with Crippen LogP contribution in [0.5, 0.6) is 0 Å². The summed E-state index contributed by atoms with van der Waals surface area (Å²) in [6, 6.07) is 21.3. The molecule has 2 heterocycles. The van der Waals surface area contributed by atoms with Crippen molar-refractivity contribution in [2.24, 2.45) is 0 Å². The summed E-state index contributed by atoms with van der Waals surface area (Å²) in [5, 5.41) is 4.11. The summed E-state index contributed by atoms with van der Waals surface area (Å²) < 4.78 is 11.5. The molecule has 1 aliphatic rings. The standard InChI is InChI=1S/C23H25N3O3/c1-25(2)16-21-22(18-11-7-4-8-12-18)26(13-14-28-21)23(27)20-15-19(24-29-20)17-9-5-3-6-10-17/h3-12,15,21-22H,13-14,16H2,1-2H3/t21-,22-/m0/s1. The van der Waals surface area contributed by atoms with E-state index >= 15 is 0 Å². The topological polar surface area (TPSA) is 58.8 Å². The van der Waals surface area contributed by atoms with Crippen LogP contribution in [0.1, 0.15) is 22.2 Å². The summed E-state index contributed by atoms with van der Waals surface area (Å²) >= 11 is 0. The molecule has 0 N–H and O–H groups in total. The Labute approximate surface area is 170 Å². The Kier molecular flexibility index (Phi) is 5.74. The maximum absolute atomic E-state index is 13.4. The summed E-state index contributed by atoms with van der Waals surface area (Å²) in [6.07, 6.45) is -0.124. The molecule has 1 aliphatic heterocycles. The van der Waals surface area contributed by atoms with Crippen molar-refractivity contribution in [3.05, 3.63) is 78.1 Å². The molecule has 1 amide bonds. The third-order valence-electron chi connectivity index (χ3n) is 5.09. The van der Waals surface area contributed by atoms with Gasteiger partial charge >= 0.3 is 0 Å². The molecule has 3 aromatic rings. The molecule has 0 unspecified atom stereocenters. The Balaban J connectivity index is 1.64. The molecule has 4 rings (SSSR count). The zero-order chi connectivity index (χ0) is 20.2. The lowest BCUT2D eigenvalue weighted by Crippen LogP contribution is -2.51.